The fourth-order valence-corrected chi connectivity index (χ4v) is 2.59. The van der Waals surface area contributed by atoms with Crippen LogP contribution in [-0.4, -0.2) is 58.6 Å². The van der Waals surface area contributed by atoms with Crippen LogP contribution in [-0.2, 0) is 16.0 Å². The minimum atomic E-state index is -0.978. The fraction of sp³-hybridized carbons (Fsp3) is 0.667. The maximum atomic E-state index is 12.6. The van der Waals surface area contributed by atoms with Crippen LogP contribution in [0.5, 0.6) is 0 Å². The third kappa shape index (κ3) is 6.95. The lowest BCUT2D eigenvalue weighted by atomic mass is 10.0. The Hall–Kier alpha value is -2.22. The maximum Gasteiger partial charge on any atom is 0.305 e. The van der Waals surface area contributed by atoms with Gasteiger partial charge in [-0.05, 0) is 33.4 Å². The summed E-state index contributed by atoms with van der Waals surface area (Å²) in [6, 6.07) is -0.684. The van der Waals surface area contributed by atoms with Crippen molar-refractivity contribution in [1.29, 1.82) is 0 Å². The highest BCUT2D eigenvalue weighted by molar-refractivity contribution is 5.80. The Balaban J connectivity index is 3.13. The second kappa shape index (κ2) is 10.1. The highest BCUT2D eigenvalue weighted by atomic mass is 16.4. The summed E-state index contributed by atoms with van der Waals surface area (Å²) in [7, 11) is 3.92. The molecule has 2 N–H and O–H groups in total. The number of aliphatic carboxylic acids is 1. The summed E-state index contributed by atoms with van der Waals surface area (Å²) in [4.78, 5) is 42.2. The van der Waals surface area contributed by atoms with E-state index in [4.69, 9.17) is 5.11 Å². The average Bonchev–Trinajstić information content (AvgIpc) is 2.53. The number of nitrogens with zero attached hydrogens (tertiary/aromatic N) is 3. The average molecular weight is 366 g/mol. The Labute approximate surface area is 154 Å². The van der Waals surface area contributed by atoms with Crippen molar-refractivity contribution in [3.8, 4) is 0 Å². The van der Waals surface area contributed by atoms with Crippen LogP contribution in [0.3, 0.4) is 0 Å². The summed E-state index contributed by atoms with van der Waals surface area (Å²) in [5.41, 5.74) is 0.814. The molecule has 0 aliphatic heterocycles. The van der Waals surface area contributed by atoms with Crippen molar-refractivity contribution in [3.63, 3.8) is 0 Å². The molecule has 8 heteroatoms. The number of rotatable bonds is 10. The zero-order valence-electron chi connectivity index (χ0n) is 16.3. The first-order valence-electron chi connectivity index (χ1n) is 8.84. The second-order valence-corrected chi connectivity index (χ2v) is 7.16. The third-order valence-corrected chi connectivity index (χ3v) is 3.93. The van der Waals surface area contributed by atoms with Crippen LogP contribution in [0.2, 0.25) is 0 Å². The minimum Gasteiger partial charge on any atom is -0.481 e. The van der Waals surface area contributed by atoms with Crippen molar-refractivity contribution in [2.75, 3.05) is 27.2 Å². The Morgan fingerprint density at radius 3 is 2.54 bits per heavy atom. The first-order chi connectivity index (χ1) is 12.1. The van der Waals surface area contributed by atoms with Gasteiger partial charge in [0, 0.05) is 25.7 Å². The van der Waals surface area contributed by atoms with Crippen LogP contribution in [0.25, 0.3) is 0 Å². The van der Waals surface area contributed by atoms with Crippen LogP contribution >= 0.6 is 0 Å². The van der Waals surface area contributed by atoms with Gasteiger partial charge in [-0.3, -0.25) is 23.9 Å². The van der Waals surface area contributed by atoms with Crippen LogP contribution in [0.15, 0.2) is 11.0 Å². The molecular weight excluding hydrogens is 336 g/mol. The number of carbonyl (C=O) groups is 2. The molecule has 146 valence electrons. The van der Waals surface area contributed by atoms with Gasteiger partial charge in [0.2, 0.25) is 5.91 Å². The molecule has 0 radical (unpaired) electrons. The van der Waals surface area contributed by atoms with E-state index < -0.39 is 12.0 Å². The number of hydrogen-bond acceptors (Lipinski definition) is 5. The zero-order chi connectivity index (χ0) is 19.9. The summed E-state index contributed by atoms with van der Waals surface area (Å²) in [6.45, 7) is 6.42. The van der Waals surface area contributed by atoms with E-state index in [0.717, 1.165) is 12.2 Å². The molecule has 0 saturated heterocycles. The molecule has 0 aliphatic rings. The van der Waals surface area contributed by atoms with Crippen molar-refractivity contribution in [2.24, 2.45) is 5.92 Å². The SMILES string of the molecule is Cc1nc(CCN(C)C)cn([C@@H](CC(C)C)C(=O)NCCC(=O)O)c1=O. The molecule has 1 aromatic rings. The third-order valence-electron chi connectivity index (χ3n) is 3.93. The molecule has 1 aromatic heterocycles. The molecule has 0 aliphatic carbocycles. The number of carboxylic acids is 1. The molecule has 0 bridgehead atoms. The largest absolute Gasteiger partial charge is 0.481 e. The van der Waals surface area contributed by atoms with Crippen molar-refractivity contribution in [2.45, 2.75) is 46.1 Å². The number of aryl methyl sites for hydroxylation is 1. The summed E-state index contributed by atoms with van der Waals surface area (Å²) >= 11 is 0. The molecule has 1 amide bonds. The molecule has 0 fully saturated rings. The Morgan fingerprint density at radius 1 is 1.35 bits per heavy atom. The molecule has 0 spiro atoms. The summed E-state index contributed by atoms with van der Waals surface area (Å²) in [5.74, 6) is -1.13. The Kier molecular flexibility index (Phi) is 8.44. The van der Waals surface area contributed by atoms with Crippen molar-refractivity contribution in [3.05, 3.63) is 27.9 Å². The van der Waals surface area contributed by atoms with E-state index in [-0.39, 0.29) is 30.3 Å². The summed E-state index contributed by atoms with van der Waals surface area (Å²) in [5, 5.41) is 11.4. The molecule has 1 rings (SSSR count). The zero-order valence-corrected chi connectivity index (χ0v) is 16.3. The van der Waals surface area contributed by atoms with E-state index in [2.05, 4.69) is 10.3 Å². The molecule has 0 aromatic carbocycles. The van der Waals surface area contributed by atoms with E-state index in [1.54, 1.807) is 13.1 Å². The minimum absolute atomic E-state index is 0.0368. The monoisotopic (exact) mass is 366 g/mol. The van der Waals surface area contributed by atoms with Gasteiger partial charge in [-0.25, -0.2) is 0 Å². The predicted molar refractivity (Wildman–Crippen MR) is 99.2 cm³/mol. The van der Waals surface area contributed by atoms with Crippen LogP contribution < -0.4 is 10.9 Å². The smallest absolute Gasteiger partial charge is 0.305 e. The van der Waals surface area contributed by atoms with Crippen molar-refractivity contribution < 1.29 is 14.7 Å². The highest BCUT2D eigenvalue weighted by Crippen LogP contribution is 2.17. The number of carbonyl (C=O) groups excluding carboxylic acids is 1. The van der Waals surface area contributed by atoms with Gasteiger partial charge in [0.1, 0.15) is 11.7 Å². The summed E-state index contributed by atoms with van der Waals surface area (Å²) < 4.78 is 1.45. The molecule has 26 heavy (non-hydrogen) atoms. The molecular formula is C18H30N4O4. The quantitative estimate of drug-likeness (QED) is 0.636. The van der Waals surface area contributed by atoms with E-state index in [9.17, 15) is 14.4 Å². The standard InChI is InChI=1S/C18H30N4O4/c1-12(2)10-15(17(25)19-8-6-16(23)24)22-11-14(7-9-21(4)5)20-13(3)18(22)26/h11-12,15H,6-10H2,1-5H3,(H,19,25)(H,23,24)/t15-/m0/s1. The molecule has 0 saturated carbocycles. The maximum absolute atomic E-state index is 12.6. The van der Waals surface area contributed by atoms with Crippen molar-refractivity contribution in [1.82, 2.24) is 19.8 Å². The van der Waals surface area contributed by atoms with Gasteiger partial charge >= 0.3 is 5.97 Å². The van der Waals surface area contributed by atoms with E-state index >= 15 is 0 Å². The first-order valence-corrected chi connectivity index (χ1v) is 8.84. The molecule has 8 nitrogen and oxygen atoms in total. The van der Waals surface area contributed by atoms with Gasteiger partial charge < -0.3 is 15.3 Å². The van der Waals surface area contributed by atoms with Gasteiger partial charge in [-0.15, -0.1) is 0 Å². The van der Waals surface area contributed by atoms with E-state index in [0.29, 0.717) is 18.5 Å². The van der Waals surface area contributed by atoms with Gasteiger partial charge in [0.05, 0.1) is 12.1 Å². The Morgan fingerprint density at radius 2 is 2.00 bits per heavy atom. The van der Waals surface area contributed by atoms with Gasteiger partial charge in [-0.1, -0.05) is 13.8 Å². The van der Waals surface area contributed by atoms with Crippen LogP contribution in [0.4, 0.5) is 0 Å². The number of carboxylic acid groups (broad SMARTS) is 1. The number of amides is 1. The Bertz CT molecular complexity index is 682. The van der Waals surface area contributed by atoms with Crippen LogP contribution in [0.1, 0.15) is 44.1 Å². The van der Waals surface area contributed by atoms with Gasteiger partial charge in [-0.2, -0.15) is 0 Å². The molecule has 1 atom stereocenters. The second-order valence-electron chi connectivity index (χ2n) is 7.16. The van der Waals surface area contributed by atoms with Crippen LogP contribution in [0, 0.1) is 12.8 Å². The van der Waals surface area contributed by atoms with Gasteiger partial charge in [0.15, 0.2) is 0 Å². The predicted octanol–water partition coefficient (Wildman–Crippen LogP) is 0.834. The number of likely N-dealkylation sites (N-methyl/N-ethyl adjacent to an activating group) is 1. The topological polar surface area (TPSA) is 105 Å². The highest BCUT2D eigenvalue weighted by Gasteiger charge is 2.24. The first kappa shape index (κ1) is 21.8. The van der Waals surface area contributed by atoms with Gasteiger partial charge in [0.25, 0.3) is 5.56 Å². The molecule has 1 heterocycles. The normalized spacial score (nSPS) is 12.4. The lowest BCUT2D eigenvalue weighted by Gasteiger charge is -2.22. The van der Waals surface area contributed by atoms with E-state index in [1.807, 2.05) is 32.8 Å². The van der Waals surface area contributed by atoms with E-state index in [1.165, 1.54) is 4.57 Å². The lowest BCUT2D eigenvalue weighted by Crippen LogP contribution is -2.39. The molecule has 0 unspecified atom stereocenters. The fourth-order valence-electron chi connectivity index (χ4n) is 2.59. The number of hydrogen-bond donors (Lipinski definition) is 2. The number of aromatic nitrogens is 2. The summed E-state index contributed by atoms with van der Waals surface area (Å²) in [6.07, 6.45) is 2.65. The lowest BCUT2D eigenvalue weighted by molar-refractivity contribution is -0.137. The number of nitrogens with one attached hydrogen (secondary N) is 1. The van der Waals surface area contributed by atoms with Crippen molar-refractivity contribution >= 4 is 11.9 Å².